The third-order valence-corrected chi connectivity index (χ3v) is 7.07. The first-order valence-corrected chi connectivity index (χ1v) is 12.8. The molecule has 0 aliphatic carbocycles. The lowest BCUT2D eigenvalue weighted by Crippen LogP contribution is -2.54. The van der Waals surface area contributed by atoms with Crippen LogP contribution in [0.15, 0.2) is 42.9 Å². The van der Waals surface area contributed by atoms with Crippen molar-refractivity contribution in [3.8, 4) is 22.5 Å². The van der Waals surface area contributed by atoms with Crippen LogP contribution in [0.4, 0.5) is 0 Å². The first-order chi connectivity index (χ1) is 17.7. The largest absolute Gasteiger partial charge is 0.377 e. The summed E-state index contributed by atoms with van der Waals surface area (Å²) in [5.74, 6) is 0.377. The van der Waals surface area contributed by atoms with Gasteiger partial charge in [-0.15, -0.1) is 0 Å². The van der Waals surface area contributed by atoms with Gasteiger partial charge in [0, 0.05) is 17.3 Å². The van der Waals surface area contributed by atoms with E-state index < -0.39 is 0 Å². The van der Waals surface area contributed by atoms with E-state index in [4.69, 9.17) is 9.84 Å². The fourth-order valence-corrected chi connectivity index (χ4v) is 5.14. The van der Waals surface area contributed by atoms with E-state index in [2.05, 4.69) is 66.3 Å². The number of nitrogens with one attached hydrogen (secondary N) is 1. The highest BCUT2D eigenvalue weighted by Gasteiger charge is 2.34. The zero-order chi connectivity index (χ0) is 26.3. The van der Waals surface area contributed by atoms with Crippen molar-refractivity contribution in [3.05, 3.63) is 59.5 Å². The average molecular weight is 502 g/mol. The van der Waals surface area contributed by atoms with Crippen LogP contribution in [0.3, 0.4) is 0 Å². The van der Waals surface area contributed by atoms with E-state index in [1.165, 1.54) is 0 Å². The predicted octanol–water partition coefficient (Wildman–Crippen LogP) is 4.07. The minimum atomic E-state index is -0.0466. The lowest BCUT2D eigenvalue weighted by atomic mass is 9.93. The van der Waals surface area contributed by atoms with Gasteiger partial charge in [0.15, 0.2) is 5.65 Å². The van der Waals surface area contributed by atoms with Gasteiger partial charge >= 0.3 is 0 Å². The number of aromatic nitrogens is 5. The molecule has 9 nitrogen and oxygen atoms in total. The first-order valence-electron chi connectivity index (χ1n) is 12.8. The summed E-state index contributed by atoms with van der Waals surface area (Å²) in [7, 11) is 3.84. The molecule has 1 aliphatic heterocycles. The first kappa shape index (κ1) is 25.1. The number of ether oxygens (including phenoxy) is 1. The van der Waals surface area contributed by atoms with Crippen molar-refractivity contribution in [3.63, 3.8) is 0 Å². The number of nitrogens with zero attached hydrogens (tertiary/aromatic N) is 6. The third kappa shape index (κ3) is 4.76. The number of hydrogen-bond acceptors (Lipinski definition) is 6. The Balaban J connectivity index is 1.46. The van der Waals surface area contributed by atoms with Crippen molar-refractivity contribution in [1.29, 1.82) is 0 Å². The van der Waals surface area contributed by atoms with Gasteiger partial charge in [0.2, 0.25) is 5.91 Å². The zero-order valence-electron chi connectivity index (χ0n) is 22.4. The summed E-state index contributed by atoms with van der Waals surface area (Å²) in [6, 6.07) is 10.7. The standard InChI is InChI=1S/C28H35N7O2/c1-17(2)25-26(31-32-27(25)22-11-18(3)28-29-16-30-34(28)12-22)21-9-7-20(8-10-21)19(4)35(23-14-37-15-23)24(36)13-33(5)6/h7-12,16-17,19,23H,13-15H2,1-6H3,(H,31,32)/t19-/m0/s1. The van der Waals surface area contributed by atoms with Crippen LogP contribution in [-0.2, 0) is 9.53 Å². The van der Waals surface area contributed by atoms with Gasteiger partial charge in [-0.25, -0.2) is 9.50 Å². The molecule has 1 atom stereocenters. The van der Waals surface area contributed by atoms with Crippen LogP contribution in [0, 0.1) is 6.92 Å². The fourth-order valence-electron chi connectivity index (χ4n) is 5.14. The van der Waals surface area contributed by atoms with E-state index in [-0.39, 0.29) is 23.9 Å². The second-order valence-corrected chi connectivity index (χ2v) is 10.5. The molecule has 1 saturated heterocycles. The number of likely N-dealkylation sites (N-methyl/N-ethyl adjacent to an activating group) is 1. The Morgan fingerprint density at radius 2 is 1.89 bits per heavy atom. The maximum atomic E-state index is 13.0. The molecule has 9 heteroatoms. The number of amides is 1. The summed E-state index contributed by atoms with van der Waals surface area (Å²) in [5.41, 5.74) is 8.16. The number of aromatic amines is 1. The number of pyridine rings is 1. The molecule has 4 heterocycles. The van der Waals surface area contributed by atoms with E-state index in [0.717, 1.165) is 44.9 Å². The molecular formula is C28H35N7O2. The molecule has 1 amide bonds. The van der Waals surface area contributed by atoms with Crippen LogP contribution in [0.1, 0.15) is 49.4 Å². The molecule has 0 unspecified atom stereocenters. The number of carbonyl (C=O) groups is 1. The summed E-state index contributed by atoms with van der Waals surface area (Å²) in [4.78, 5) is 21.3. The number of fused-ring (bicyclic) bond motifs is 1. The highest BCUT2D eigenvalue weighted by molar-refractivity contribution is 5.79. The van der Waals surface area contributed by atoms with E-state index in [9.17, 15) is 4.79 Å². The van der Waals surface area contributed by atoms with Gasteiger partial charge < -0.3 is 14.5 Å². The molecule has 0 spiro atoms. The van der Waals surface area contributed by atoms with Crippen molar-refractivity contribution >= 4 is 11.6 Å². The second kappa shape index (κ2) is 10.1. The predicted molar refractivity (Wildman–Crippen MR) is 143 cm³/mol. The summed E-state index contributed by atoms with van der Waals surface area (Å²) in [6.45, 7) is 10.1. The Hall–Kier alpha value is -3.56. The van der Waals surface area contributed by atoms with Crippen molar-refractivity contribution in [2.75, 3.05) is 33.9 Å². The maximum absolute atomic E-state index is 13.0. The fraction of sp³-hybridized carbons (Fsp3) is 0.429. The van der Waals surface area contributed by atoms with Gasteiger partial charge in [0.1, 0.15) is 6.33 Å². The van der Waals surface area contributed by atoms with Crippen molar-refractivity contribution in [2.45, 2.75) is 45.7 Å². The van der Waals surface area contributed by atoms with E-state index in [1.807, 2.05) is 37.0 Å². The zero-order valence-corrected chi connectivity index (χ0v) is 22.4. The third-order valence-electron chi connectivity index (χ3n) is 7.07. The van der Waals surface area contributed by atoms with E-state index in [0.29, 0.717) is 19.8 Å². The Morgan fingerprint density at radius 3 is 2.51 bits per heavy atom. The molecule has 1 aliphatic rings. The minimum Gasteiger partial charge on any atom is -0.377 e. The van der Waals surface area contributed by atoms with Crippen LogP contribution in [0.2, 0.25) is 0 Å². The smallest absolute Gasteiger partial charge is 0.237 e. The Morgan fingerprint density at radius 1 is 1.16 bits per heavy atom. The highest BCUT2D eigenvalue weighted by atomic mass is 16.5. The van der Waals surface area contributed by atoms with Crippen molar-refractivity contribution in [1.82, 2.24) is 34.6 Å². The van der Waals surface area contributed by atoms with Gasteiger partial charge in [-0.05, 0) is 56.6 Å². The topological polar surface area (TPSA) is 91.7 Å². The lowest BCUT2D eigenvalue weighted by Gasteiger charge is -2.41. The van der Waals surface area contributed by atoms with Gasteiger partial charge in [-0.1, -0.05) is 38.1 Å². The van der Waals surface area contributed by atoms with Crippen LogP contribution in [-0.4, -0.2) is 80.4 Å². The minimum absolute atomic E-state index is 0.0466. The molecule has 5 rings (SSSR count). The van der Waals surface area contributed by atoms with Crippen LogP contribution in [0.25, 0.3) is 28.2 Å². The second-order valence-electron chi connectivity index (χ2n) is 10.5. The Labute approximate surface area is 217 Å². The van der Waals surface area contributed by atoms with E-state index in [1.54, 1.807) is 10.8 Å². The molecule has 194 valence electrons. The summed E-state index contributed by atoms with van der Waals surface area (Å²) >= 11 is 0. The van der Waals surface area contributed by atoms with Gasteiger partial charge in [-0.3, -0.25) is 9.89 Å². The maximum Gasteiger partial charge on any atom is 0.237 e. The Kier molecular flexibility index (Phi) is 6.83. The number of H-pyrrole nitrogens is 1. The van der Waals surface area contributed by atoms with Gasteiger partial charge in [0.05, 0.1) is 43.2 Å². The molecule has 4 aromatic rings. The lowest BCUT2D eigenvalue weighted by molar-refractivity contribution is -0.149. The SMILES string of the molecule is Cc1cc(-c2n[nH]c(-c3ccc([C@H](C)N(C(=O)CN(C)C)C4COC4)cc3)c2C(C)C)cn2ncnc12. The Bertz CT molecular complexity index is 1400. The molecule has 0 bridgehead atoms. The van der Waals surface area contributed by atoms with Gasteiger partial charge in [0.25, 0.3) is 0 Å². The quantitative estimate of drug-likeness (QED) is 0.391. The number of benzene rings is 1. The van der Waals surface area contributed by atoms with Crippen LogP contribution in [0.5, 0.6) is 0 Å². The van der Waals surface area contributed by atoms with Crippen LogP contribution < -0.4 is 0 Å². The monoisotopic (exact) mass is 501 g/mol. The number of hydrogen-bond donors (Lipinski definition) is 1. The molecule has 37 heavy (non-hydrogen) atoms. The van der Waals surface area contributed by atoms with Crippen LogP contribution >= 0.6 is 0 Å². The normalized spacial score (nSPS) is 14.9. The molecule has 0 radical (unpaired) electrons. The van der Waals surface area contributed by atoms with E-state index >= 15 is 0 Å². The molecule has 1 fully saturated rings. The average Bonchev–Trinajstić information content (AvgIpc) is 3.48. The molecule has 3 aromatic heterocycles. The molecule has 0 saturated carbocycles. The summed E-state index contributed by atoms with van der Waals surface area (Å²) in [6.07, 6.45) is 3.55. The van der Waals surface area contributed by atoms with Gasteiger partial charge in [-0.2, -0.15) is 10.2 Å². The number of aryl methyl sites for hydroxylation is 1. The van der Waals surface area contributed by atoms with Crippen molar-refractivity contribution < 1.29 is 9.53 Å². The van der Waals surface area contributed by atoms with Crippen molar-refractivity contribution in [2.24, 2.45) is 0 Å². The summed E-state index contributed by atoms with van der Waals surface area (Å²) < 4.78 is 7.21. The highest BCUT2D eigenvalue weighted by Crippen LogP contribution is 2.36. The molecule has 1 aromatic carbocycles. The summed E-state index contributed by atoms with van der Waals surface area (Å²) in [5, 5.41) is 12.4. The molecule has 1 N–H and O–H groups in total. The number of carbonyl (C=O) groups excluding carboxylic acids is 1. The molecular weight excluding hydrogens is 466 g/mol. The number of rotatable bonds is 8.